The van der Waals surface area contributed by atoms with E-state index in [2.05, 4.69) is 11.8 Å². The van der Waals surface area contributed by atoms with E-state index < -0.39 is 0 Å². The SMILES string of the molecule is Cc1cc(C#CCN)cc(C(=O)N2CCN(C)C(=O)C2)c1. The predicted octanol–water partition coefficient (Wildman–Crippen LogP) is 0.219. The summed E-state index contributed by atoms with van der Waals surface area (Å²) >= 11 is 0. The maximum absolute atomic E-state index is 12.5. The molecule has 2 rings (SSSR count). The van der Waals surface area contributed by atoms with E-state index in [0.29, 0.717) is 18.7 Å². The Morgan fingerprint density at radius 3 is 2.76 bits per heavy atom. The van der Waals surface area contributed by atoms with Gasteiger partial charge < -0.3 is 15.5 Å². The van der Waals surface area contributed by atoms with Crippen LogP contribution in [0.3, 0.4) is 0 Å². The Morgan fingerprint density at radius 1 is 1.33 bits per heavy atom. The molecule has 0 aliphatic carbocycles. The van der Waals surface area contributed by atoms with Crippen LogP contribution in [0.25, 0.3) is 0 Å². The Morgan fingerprint density at radius 2 is 2.10 bits per heavy atom. The molecule has 1 aromatic carbocycles. The molecule has 5 nitrogen and oxygen atoms in total. The molecule has 1 aromatic rings. The van der Waals surface area contributed by atoms with Crippen LogP contribution in [-0.2, 0) is 4.79 Å². The number of hydrogen-bond donors (Lipinski definition) is 1. The van der Waals surface area contributed by atoms with E-state index >= 15 is 0 Å². The third kappa shape index (κ3) is 3.61. The number of hydrogen-bond acceptors (Lipinski definition) is 3. The minimum Gasteiger partial charge on any atom is -0.342 e. The van der Waals surface area contributed by atoms with Gasteiger partial charge in [-0.15, -0.1) is 0 Å². The first-order valence-electron chi connectivity index (χ1n) is 6.85. The van der Waals surface area contributed by atoms with E-state index in [1.807, 2.05) is 19.1 Å². The van der Waals surface area contributed by atoms with Crippen LogP contribution in [0.1, 0.15) is 21.5 Å². The first-order valence-corrected chi connectivity index (χ1v) is 6.85. The molecule has 1 saturated heterocycles. The van der Waals surface area contributed by atoms with Crippen molar-refractivity contribution in [2.75, 3.05) is 33.2 Å². The zero-order valence-corrected chi connectivity index (χ0v) is 12.3. The van der Waals surface area contributed by atoms with Crippen LogP contribution in [0.5, 0.6) is 0 Å². The van der Waals surface area contributed by atoms with Crippen LogP contribution >= 0.6 is 0 Å². The van der Waals surface area contributed by atoms with Crippen molar-refractivity contribution in [1.82, 2.24) is 9.80 Å². The number of benzene rings is 1. The third-order valence-electron chi connectivity index (χ3n) is 3.40. The zero-order valence-electron chi connectivity index (χ0n) is 12.3. The van der Waals surface area contributed by atoms with Crippen LogP contribution < -0.4 is 5.73 Å². The average molecular weight is 285 g/mol. The van der Waals surface area contributed by atoms with Crippen molar-refractivity contribution in [2.45, 2.75) is 6.92 Å². The molecule has 2 amide bonds. The number of rotatable bonds is 1. The highest BCUT2D eigenvalue weighted by molar-refractivity contribution is 5.97. The minimum atomic E-state index is -0.129. The lowest BCUT2D eigenvalue weighted by molar-refractivity contribution is -0.133. The van der Waals surface area contributed by atoms with Gasteiger partial charge in [0.25, 0.3) is 5.91 Å². The third-order valence-corrected chi connectivity index (χ3v) is 3.40. The molecule has 5 heteroatoms. The zero-order chi connectivity index (χ0) is 15.4. The Labute approximate surface area is 124 Å². The fourth-order valence-corrected chi connectivity index (χ4v) is 2.25. The summed E-state index contributed by atoms with van der Waals surface area (Å²) in [5, 5.41) is 0. The van der Waals surface area contributed by atoms with E-state index in [1.165, 1.54) is 0 Å². The molecule has 0 spiro atoms. The molecule has 0 bridgehead atoms. The molecule has 1 fully saturated rings. The lowest BCUT2D eigenvalue weighted by atomic mass is 10.1. The van der Waals surface area contributed by atoms with Gasteiger partial charge in [-0.25, -0.2) is 0 Å². The van der Waals surface area contributed by atoms with Crippen molar-refractivity contribution in [2.24, 2.45) is 5.73 Å². The highest BCUT2D eigenvalue weighted by Crippen LogP contribution is 2.13. The molecule has 1 aliphatic heterocycles. The van der Waals surface area contributed by atoms with Gasteiger partial charge in [-0.05, 0) is 30.7 Å². The van der Waals surface area contributed by atoms with E-state index in [9.17, 15) is 9.59 Å². The first kappa shape index (κ1) is 15.1. The predicted molar refractivity (Wildman–Crippen MR) is 80.7 cm³/mol. The first-order chi connectivity index (χ1) is 10.0. The molecule has 1 aliphatic rings. The van der Waals surface area contributed by atoms with Crippen LogP contribution in [0, 0.1) is 18.8 Å². The van der Waals surface area contributed by atoms with Crippen LogP contribution in [-0.4, -0.2) is 54.8 Å². The molecule has 0 aromatic heterocycles. The van der Waals surface area contributed by atoms with Crippen LogP contribution in [0.4, 0.5) is 0 Å². The topological polar surface area (TPSA) is 66.6 Å². The van der Waals surface area contributed by atoms with Gasteiger partial charge in [0.05, 0.1) is 6.54 Å². The van der Waals surface area contributed by atoms with Crippen molar-refractivity contribution in [1.29, 1.82) is 0 Å². The summed E-state index contributed by atoms with van der Waals surface area (Å²) in [5.41, 5.74) is 7.66. The van der Waals surface area contributed by atoms with Gasteiger partial charge in [0, 0.05) is 31.3 Å². The fraction of sp³-hybridized carbons (Fsp3) is 0.375. The Balaban J connectivity index is 2.23. The van der Waals surface area contributed by atoms with E-state index in [1.54, 1.807) is 22.9 Å². The molecule has 0 radical (unpaired) electrons. The maximum Gasteiger partial charge on any atom is 0.254 e. The van der Waals surface area contributed by atoms with Crippen molar-refractivity contribution in [3.05, 3.63) is 34.9 Å². The summed E-state index contributed by atoms with van der Waals surface area (Å²) in [5.74, 6) is 5.56. The van der Waals surface area contributed by atoms with Gasteiger partial charge in [-0.2, -0.15) is 0 Å². The molecule has 0 saturated carbocycles. The molecular weight excluding hydrogens is 266 g/mol. The summed E-state index contributed by atoms with van der Waals surface area (Å²) in [6.07, 6.45) is 0. The standard InChI is InChI=1S/C16H19N3O2/c1-12-8-13(4-3-5-17)10-14(9-12)16(21)19-7-6-18(2)15(20)11-19/h8-10H,5-7,11,17H2,1-2H3. The number of aryl methyl sites for hydroxylation is 1. The summed E-state index contributed by atoms with van der Waals surface area (Å²) in [6, 6.07) is 5.48. The Hall–Kier alpha value is -2.32. The number of amides is 2. The van der Waals surface area contributed by atoms with E-state index in [0.717, 1.165) is 11.1 Å². The van der Waals surface area contributed by atoms with Crippen molar-refractivity contribution < 1.29 is 9.59 Å². The average Bonchev–Trinajstić information content (AvgIpc) is 2.46. The summed E-state index contributed by atoms with van der Waals surface area (Å²) < 4.78 is 0. The molecular formula is C16H19N3O2. The second kappa shape index (κ2) is 6.42. The number of carbonyl (C=O) groups excluding carboxylic acids is 2. The van der Waals surface area contributed by atoms with Gasteiger partial charge in [0.2, 0.25) is 5.91 Å². The quantitative estimate of drug-likeness (QED) is 0.751. The number of carbonyl (C=O) groups is 2. The summed E-state index contributed by atoms with van der Waals surface area (Å²) in [7, 11) is 1.75. The Bertz CT molecular complexity index is 628. The van der Waals surface area contributed by atoms with Gasteiger partial charge in [0.1, 0.15) is 6.54 Å². The number of likely N-dealkylation sites (N-methyl/N-ethyl adjacent to an activating group) is 1. The molecule has 0 unspecified atom stereocenters. The second-order valence-electron chi connectivity index (χ2n) is 5.14. The molecule has 110 valence electrons. The minimum absolute atomic E-state index is 0.0367. The Kier molecular flexibility index (Phi) is 4.61. The van der Waals surface area contributed by atoms with Crippen molar-refractivity contribution in [3.63, 3.8) is 0 Å². The highest BCUT2D eigenvalue weighted by atomic mass is 16.2. The second-order valence-corrected chi connectivity index (χ2v) is 5.14. The molecule has 2 N–H and O–H groups in total. The monoisotopic (exact) mass is 285 g/mol. The fourth-order valence-electron chi connectivity index (χ4n) is 2.25. The van der Waals surface area contributed by atoms with Crippen LogP contribution in [0.2, 0.25) is 0 Å². The highest BCUT2D eigenvalue weighted by Gasteiger charge is 2.25. The normalized spacial score (nSPS) is 14.7. The lowest BCUT2D eigenvalue weighted by Crippen LogP contribution is -2.50. The largest absolute Gasteiger partial charge is 0.342 e. The molecule has 0 atom stereocenters. The van der Waals surface area contributed by atoms with E-state index in [-0.39, 0.29) is 24.9 Å². The van der Waals surface area contributed by atoms with Crippen LogP contribution in [0.15, 0.2) is 18.2 Å². The summed E-state index contributed by atoms with van der Waals surface area (Å²) in [6.45, 7) is 3.45. The van der Waals surface area contributed by atoms with Gasteiger partial charge in [0.15, 0.2) is 0 Å². The van der Waals surface area contributed by atoms with Crippen molar-refractivity contribution >= 4 is 11.8 Å². The van der Waals surface area contributed by atoms with Gasteiger partial charge >= 0.3 is 0 Å². The van der Waals surface area contributed by atoms with E-state index in [4.69, 9.17) is 5.73 Å². The maximum atomic E-state index is 12.5. The lowest BCUT2D eigenvalue weighted by Gasteiger charge is -2.32. The molecule has 21 heavy (non-hydrogen) atoms. The van der Waals surface area contributed by atoms with Gasteiger partial charge in [-0.3, -0.25) is 9.59 Å². The number of piperazine rings is 1. The number of nitrogens with two attached hydrogens (primary N) is 1. The number of nitrogens with zero attached hydrogens (tertiary/aromatic N) is 2. The smallest absolute Gasteiger partial charge is 0.254 e. The van der Waals surface area contributed by atoms with Gasteiger partial charge in [-0.1, -0.05) is 11.8 Å². The van der Waals surface area contributed by atoms with Crippen molar-refractivity contribution in [3.8, 4) is 11.8 Å². The summed E-state index contributed by atoms with van der Waals surface area (Å²) in [4.78, 5) is 27.4. The molecule has 1 heterocycles.